The maximum atomic E-state index is 12.1. The molecule has 1 N–H and O–H groups in total. The zero-order chi connectivity index (χ0) is 13.3. The standard InChI is InChI=1S/C17H25NO/c1-2-3-4-5-18-16(19)12-17-9-13-6-14(10-17)8-15(7-13)11-17/h13-15H,4-12H2,1H3,(H,18,19). The van der Waals surface area contributed by atoms with Gasteiger partial charge in [-0.3, -0.25) is 4.79 Å². The topological polar surface area (TPSA) is 29.1 Å². The maximum absolute atomic E-state index is 12.1. The van der Waals surface area contributed by atoms with E-state index in [2.05, 4.69) is 17.2 Å². The van der Waals surface area contributed by atoms with E-state index in [1.54, 1.807) is 0 Å². The Kier molecular flexibility index (Phi) is 3.56. The van der Waals surface area contributed by atoms with Crippen LogP contribution in [0.1, 0.15) is 58.3 Å². The summed E-state index contributed by atoms with van der Waals surface area (Å²) >= 11 is 0. The first-order valence-corrected chi connectivity index (χ1v) is 7.85. The average Bonchev–Trinajstić information content (AvgIpc) is 2.32. The van der Waals surface area contributed by atoms with Crippen molar-refractivity contribution < 1.29 is 4.79 Å². The molecule has 2 nitrogen and oxygen atoms in total. The number of hydrogen-bond donors (Lipinski definition) is 1. The lowest BCUT2D eigenvalue weighted by molar-refractivity contribution is -0.129. The lowest BCUT2D eigenvalue weighted by Crippen LogP contribution is -2.48. The predicted octanol–water partition coefficient (Wildman–Crippen LogP) is 3.12. The second-order valence-electron chi connectivity index (χ2n) is 7.12. The van der Waals surface area contributed by atoms with E-state index in [0.717, 1.165) is 30.6 Å². The molecule has 4 aliphatic rings. The van der Waals surface area contributed by atoms with Crippen molar-refractivity contribution in [2.24, 2.45) is 23.2 Å². The Morgan fingerprint density at radius 1 is 1.16 bits per heavy atom. The molecule has 0 aromatic heterocycles. The third-order valence-corrected chi connectivity index (χ3v) is 5.45. The summed E-state index contributed by atoms with van der Waals surface area (Å²) in [6.07, 6.45) is 9.87. The van der Waals surface area contributed by atoms with E-state index < -0.39 is 0 Å². The van der Waals surface area contributed by atoms with Gasteiger partial charge >= 0.3 is 0 Å². The zero-order valence-electron chi connectivity index (χ0n) is 12.0. The summed E-state index contributed by atoms with van der Waals surface area (Å²) in [7, 11) is 0. The van der Waals surface area contributed by atoms with E-state index in [1.807, 2.05) is 6.92 Å². The molecule has 104 valence electrons. The van der Waals surface area contributed by atoms with Gasteiger partial charge in [-0.25, -0.2) is 0 Å². The van der Waals surface area contributed by atoms with Crippen molar-refractivity contribution in [3.63, 3.8) is 0 Å². The molecule has 0 aromatic carbocycles. The number of amides is 1. The van der Waals surface area contributed by atoms with Crippen LogP contribution in [0.25, 0.3) is 0 Å². The van der Waals surface area contributed by atoms with E-state index in [-0.39, 0.29) is 5.91 Å². The summed E-state index contributed by atoms with van der Waals surface area (Å²) < 4.78 is 0. The first-order chi connectivity index (χ1) is 9.19. The zero-order valence-corrected chi connectivity index (χ0v) is 12.0. The largest absolute Gasteiger partial charge is 0.355 e. The van der Waals surface area contributed by atoms with Crippen molar-refractivity contribution in [2.45, 2.75) is 58.3 Å². The van der Waals surface area contributed by atoms with Gasteiger partial charge in [0.2, 0.25) is 5.91 Å². The summed E-state index contributed by atoms with van der Waals surface area (Å²) in [5.41, 5.74) is 0.370. The summed E-state index contributed by atoms with van der Waals surface area (Å²) in [5.74, 6) is 8.93. The summed E-state index contributed by atoms with van der Waals surface area (Å²) in [6.45, 7) is 2.56. The van der Waals surface area contributed by atoms with E-state index >= 15 is 0 Å². The SMILES string of the molecule is CC#CCCNC(=O)CC12CC3CC(CC(C3)C1)C2. The number of nitrogens with one attached hydrogen (secondary N) is 1. The monoisotopic (exact) mass is 259 g/mol. The molecule has 0 saturated heterocycles. The molecule has 0 spiro atoms. The van der Waals surface area contributed by atoms with Gasteiger partial charge in [0.1, 0.15) is 0 Å². The van der Waals surface area contributed by atoms with Gasteiger partial charge in [-0.15, -0.1) is 11.8 Å². The average molecular weight is 259 g/mol. The second-order valence-corrected chi connectivity index (χ2v) is 7.12. The summed E-state index contributed by atoms with van der Waals surface area (Å²) in [5, 5.41) is 3.05. The normalized spacial score (nSPS) is 38.7. The predicted molar refractivity (Wildman–Crippen MR) is 76.3 cm³/mol. The van der Waals surface area contributed by atoms with Crippen LogP contribution in [-0.4, -0.2) is 12.5 Å². The molecular weight excluding hydrogens is 234 g/mol. The Labute approximate surface area is 116 Å². The fourth-order valence-corrected chi connectivity index (χ4v) is 5.30. The molecule has 0 unspecified atom stereocenters. The Hall–Kier alpha value is -0.970. The molecule has 4 aliphatic carbocycles. The van der Waals surface area contributed by atoms with Crippen molar-refractivity contribution >= 4 is 5.91 Å². The molecule has 0 aliphatic heterocycles. The van der Waals surface area contributed by atoms with E-state index in [4.69, 9.17) is 0 Å². The molecule has 4 bridgehead atoms. The number of rotatable bonds is 4. The van der Waals surface area contributed by atoms with Crippen molar-refractivity contribution in [1.82, 2.24) is 5.32 Å². The molecule has 2 heteroatoms. The number of carbonyl (C=O) groups is 1. The van der Waals surface area contributed by atoms with E-state index in [0.29, 0.717) is 12.0 Å². The smallest absolute Gasteiger partial charge is 0.220 e. The first kappa shape index (κ1) is 13.0. The third kappa shape index (κ3) is 2.81. The van der Waals surface area contributed by atoms with Crippen molar-refractivity contribution in [2.75, 3.05) is 6.54 Å². The fraction of sp³-hybridized carbons (Fsp3) is 0.824. The second kappa shape index (κ2) is 5.19. The van der Waals surface area contributed by atoms with Crippen LogP contribution in [0, 0.1) is 35.0 Å². The molecule has 0 aromatic rings. The molecule has 0 radical (unpaired) electrons. The highest BCUT2D eigenvalue weighted by molar-refractivity contribution is 5.76. The number of carbonyl (C=O) groups excluding carboxylic acids is 1. The summed E-state index contributed by atoms with van der Waals surface area (Å²) in [4.78, 5) is 12.1. The lowest BCUT2D eigenvalue weighted by atomic mass is 9.49. The van der Waals surface area contributed by atoms with Crippen LogP contribution in [0.5, 0.6) is 0 Å². The first-order valence-electron chi connectivity index (χ1n) is 7.85. The molecule has 4 saturated carbocycles. The summed E-state index contributed by atoms with van der Waals surface area (Å²) in [6, 6.07) is 0. The Morgan fingerprint density at radius 2 is 1.74 bits per heavy atom. The quantitative estimate of drug-likeness (QED) is 0.610. The highest BCUT2D eigenvalue weighted by atomic mass is 16.1. The lowest BCUT2D eigenvalue weighted by Gasteiger charge is -2.56. The maximum Gasteiger partial charge on any atom is 0.220 e. The van der Waals surface area contributed by atoms with E-state index in [9.17, 15) is 4.79 Å². The van der Waals surface area contributed by atoms with Gasteiger partial charge in [0, 0.05) is 19.4 Å². The highest BCUT2D eigenvalue weighted by Gasteiger charge is 2.51. The van der Waals surface area contributed by atoms with Gasteiger partial charge in [-0.1, -0.05) is 0 Å². The van der Waals surface area contributed by atoms with E-state index in [1.165, 1.54) is 38.5 Å². The minimum absolute atomic E-state index is 0.264. The van der Waals surface area contributed by atoms with Gasteiger partial charge in [0.05, 0.1) is 0 Å². The van der Waals surface area contributed by atoms with Gasteiger partial charge in [-0.05, 0) is 68.6 Å². The van der Waals surface area contributed by atoms with Crippen LogP contribution in [0.2, 0.25) is 0 Å². The third-order valence-electron chi connectivity index (χ3n) is 5.45. The number of hydrogen-bond acceptors (Lipinski definition) is 1. The molecule has 4 fully saturated rings. The Balaban J connectivity index is 1.54. The van der Waals surface area contributed by atoms with Crippen LogP contribution >= 0.6 is 0 Å². The van der Waals surface area contributed by atoms with Gasteiger partial charge < -0.3 is 5.32 Å². The minimum atomic E-state index is 0.264. The van der Waals surface area contributed by atoms with Gasteiger partial charge in [0.25, 0.3) is 0 Å². The molecule has 19 heavy (non-hydrogen) atoms. The highest BCUT2D eigenvalue weighted by Crippen LogP contribution is 2.61. The van der Waals surface area contributed by atoms with Crippen LogP contribution < -0.4 is 5.32 Å². The molecule has 4 rings (SSSR count). The van der Waals surface area contributed by atoms with Crippen LogP contribution in [0.15, 0.2) is 0 Å². The Bertz CT molecular complexity index is 379. The molecule has 0 atom stereocenters. The Morgan fingerprint density at radius 3 is 2.26 bits per heavy atom. The molecule has 1 amide bonds. The van der Waals surface area contributed by atoms with Crippen LogP contribution in [0.3, 0.4) is 0 Å². The van der Waals surface area contributed by atoms with Crippen LogP contribution in [0.4, 0.5) is 0 Å². The molecule has 0 heterocycles. The van der Waals surface area contributed by atoms with Crippen molar-refractivity contribution in [3.05, 3.63) is 0 Å². The van der Waals surface area contributed by atoms with Crippen molar-refractivity contribution in [1.29, 1.82) is 0 Å². The van der Waals surface area contributed by atoms with Crippen LogP contribution in [-0.2, 0) is 4.79 Å². The van der Waals surface area contributed by atoms with Gasteiger partial charge in [-0.2, -0.15) is 0 Å². The van der Waals surface area contributed by atoms with Gasteiger partial charge in [0.15, 0.2) is 0 Å². The fourth-order valence-electron chi connectivity index (χ4n) is 5.30. The molecular formula is C17H25NO. The minimum Gasteiger partial charge on any atom is -0.355 e. The van der Waals surface area contributed by atoms with Crippen molar-refractivity contribution in [3.8, 4) is 11.8 Å².